The first kappa shape index (κ1) is 15.4. The molecule has 2 N–H and O–H groups in total. The molecule has 1 aliphatic heterocycles. The normalized spacial score (nSPS) is 24.0. The van der Waals surface area contributed by atoms with Gasteiger partial charge in [0.15, 0.2) is 5.82 Å². The molecule has 2 unspecified atom stereocenters. The number of aromatic nitrogens is 2. The minimum atomic E-state index is -0.162. The van der Waals surface area contributed by atoms with Crippen LogP contribution in [0.15, 0.2) is 4.52 Å². The maximum Gasteiger partial charge on any atom is 0.243 e. The van der Waals surface area contributed by atoms with Crippen LogP contribution >= 0.6 is 0 Å². The van der Waals surface area contributed by atoms with E-state index in [0.29, 0.717) is 11.8 Å². The summed E-state index contributed by atoms with van der Waals surface area (Å²) in [4.78, 5) is 9.16. The highest BCUT2D eigenvalue weighted by Gasteiger charge is 2.27. The molecule has 1 fully saturated rings. The molecular weight excluding hydrogens is 254 g/mol. The van der Waals surface area contributed by atoms with Gasteiger partial charge in [0.2, 0.25) is 5.89 Å². The van der Waals surface area contributed by atoms with E-state index in [-0.39, 0.29) is 12.1 Å². The van der Waals surface area contributed by atoms with Gasteiger partial charge < -0.3 is 15.2 Å². The Morgan fingerprint density at radius 2 is 2.10 bits per heavy atom. The zero-order valence-corrected chi connectivity index (χ0v) is 13.0. The lowest BCUT2D eigenvalue weighted by molar-refractivity contribution is 0.214. The van der Waals surface area contributed by atoms with Gasteiger partial charge in [-0.05, 0) is 45.9 Å². The summed E-state index contributed by atoms with van der Waals surface area (Å²) in [5, 5.41) is 4.16. The molecule has 0 saturated carbocycles. The molecule has 0 bridgehead atoms. The molecule has 1 saturated heterocycles. The fourth-order valence-electron chi connectivity index (χ4n) is 2.69. The largest absolute Gasteiger partial charge is 0.338 e. The number of hydrogen-bond donors (Lipinski definition) is 1. The molecule has 1 aromatic rings. The Balaban J connectivity index is 2.10. The van der Waals surface area contributed by atoms with Gasteiger partial charge in [-0.25, -0.2) is 0 Å². The van der Waals surface area contributed by atoms with E-state index < -0.39 is 0 Å². The summed E-state index contributed by atoms with van der Waals surface area (Å²) < 4.78 is 5.37. The van der Waals surface area contributed by atoms with E-state index in [1.807, 2.05) is 0 Å². The van der Waals surface area contributed by atoms with E-state index in [9.17, 15) is 0 Å². The van der Waals surface area contributed by atoms with E-state index in [1.54, 1.807) is 0 Å². The van der Waals surface area contributed by atoms with Crippen LogP contribution in [-0.4, -0.2) is 53.7 Å². The van der Waals surface area contributed by atoms with Crippen molar-refractivity contribution in [2.24, 2.45) is 11.7 Å². The van der Waals surface area contributed by atoms with Crippen LogP contribution in [0.1, 0.15) is 50.5 Å². The SMILES string of the molecule is CC(C)CC(N)c1nc(C2CN(C)CCCN2C)no1. The van der Waals surface area contributed by atoms with Crippen molar-refractivity contribution in [3.63, 3.8) is 0 Å². The molecule has 2 atom stereocenters. The lowest BCUT2D eigenvalue weighted by Gasteiger charge is -2.24. The Morgan fingerprint density at radius 3 is 2.80 bits per heavy atom. The highest BCUT2D eigenvalue weighted by molar-refractivity contribution is 4.99. The minimum Gasteiger partial charge on any atom is -0.338 e. The Morgan fingerprint density at radius 1 is 1.35 bits per heavy atom. The van der Waals surface area contributed by atoms with Crippen LogP contribution in [0.3, 0.4) is 0 Å². The summed E-state index contributed by atoms with van der Waals surface area (Å²) in [5.74, 6) is 1.84. The van der Waals surface area contributed by atoms with Gasteiger partial charge in [-0.2, -0.15) is 4.98 Å². The average Bonchev–Trinajstić information content (AvgIpc) is 2.78. The van der Waals surface area contributed by atoms with E-state index in [0.717, 1.165) is 31.9 Å². The number of hydrogen-bond acceptors (Lipinski definition) is 6. The third-order valence-electron chi connectivity index (χ3n) is 3.87. The molecule has 20 heavy (non-hydrogen) atoms. The van der Waals surface area contributed by atoms with Gasteiger partial charge in [-0.3, -0.25) is 4.90 Å². The average molecular weight is 281 g/mol. The molecule has 6 nitrogen and oxygen atoms in total. The van der Waals surface area contributed by atoms with Crippen molar-refractivity contribution in [1.29, 1.82) is 0 Å². The smallest absolute Gasteiger partial charge is 0.243 e. The molecule has 114 valence electrons. The third kappa shape index (κ3) is 3.77. The first-order valence-corrected chi connectivity index (χ1v) is 7.45. The summed E-state index contributed by atoms with van der Waals surface area (Å²) in [6, 6.07) is 0.0244. The fourth-order valence-corrected chi connectivity index (χ4v) is 2.69. The number of likely N-dealkylation sites (N-methyl/N-ethyl adjacent to an activating group) is 2. The monoisotopic (exact) mass is 281 g/mol. The molecule has 0 aliphatic carbocycles. The Kier molecular flexibility index (Phi) is 5.12. The molecule has 1 aromatic heterocycles. The van der Waals surface area contributed by atoms with Gasteiger partial charge in [0.1, 0.15) is 0 Å². The van der Waals surface area contributed by atoms with Crippen LogP contribution in [0.2, 0.25) is 0 Å². The first-order chi connectivity index (χ1) is 9.47. The van der Waals surface area contributed by atoms with Crippen molar-refractivity contribution in [1.82, 2.24) is 19.9 Å². The van der Waals surface area contributed by atoms with E-state index in [1.165, 1.54) is 6.42 Å². The highest BCUT2D eigenvalue weighted by atomic mass is 16.5. The van der Waals surface area contributed by atoms with Crippen molar-refractivity contribution in [2.45, 2.75) is 38.8 Å². The second kappa shape index (κ2) is 6.65. The molecule has 6 heteroatoms. The van der Waals surface area contributed by atoms with Crippen LogP contribution in [0.4, 0.5) is 0 Å². The molecular formula is C14H27N5O. The number of nitrogens with two attached hydrogens (primary N) is 1. The highest BCUT2D eigenvalue weighted by Crippen LogP contribution is 2.23. The summed E-state index contributed by atoms with van der Waals surface area (Å²) >= 11 is 0. The first-order valence-electron chi connectivity index (χ1n) is 7.45. The second-order valence-electron chi connectivity index (χ2n) is 6.34. The minimum absolute atomic E-state index is 0.162. The van der Waals surface area contributed by atoms with Crippen molar-refractivity contribution in [3.8, 4) is 0 Å². The fraction of sp³-hybridized carbons (Fsp3) is 0.857. The lowest BCUT2D eigenvalue weighted by atomic mass is 10.0. The van der Waals surface area contributed by atoms with Gasteiger partial charge in [0.25, 0.3) is 0 Å². The summed E-state index contributed by atoms with van der Waals surface area (Å²) in [7, 11) is 4.26. The Bertz CT molecular complexity index is 419. The number of rotatable bonds is 4. The van der Waals surface area contributed by atoms with Crippen molar-refractivity contribution in [2.75, 3.05) is 33.7 Å². The zero-order valence-electron chi connectivity index (χ0n) is 13.0. The van der Waals surface area contributed by atoms with E-state index in [4.69, 9.17) is 10.3 Å². The predicted molar refractivity (Wildman–Crippen MR) is 78.2 cm³/mol. The van der Waals surface area contributed by atoms with Crippen LogP contribution < -0.4 is 5.73 Å². The van der Waals surface area contributed by atoms with Crippen molar-refractivity contribution in [3.05, 3.63) is 11.7 Å². The maximum atomic E-state index is 6.11. The molecule has 0 radical (unpaired) electrons. The Hall–Kier alpha value is -0.980. The number of nitrogens with zero attached hydrogens (tertiary/aromatic N) is 4. The van der Waals surface area contributed by atoms with Crippen LogP contribution in [0.5, 0.6) is 0 Å². The van der Waals surface area contributed by atoms with Gasteiger partial charge in [-0.15, -0.1) is 0 Å². The standard InChI is InChI=1S/C14H27N5O/c1-10(2)8-11(15)14-16-13(17-20-14)12-9-18(3)6-5-7-19(12)4/h10-12H,5-9,15H2,1-4H3. The van der Waals surface area contributed by atoms with Gasteiger partial charge in [0.05, 0.1) is 12.1 Å². The molecule has 2 rings (SSSR count). The van der Waals surface area contributed by atoms with Crippen molar-refractivity contribution < 1.29 is 4.52 Å². The molecule has 0 aromatic carbocycles. The predicted octanol–water partition coefficient (Wildman–Crippen LogP) is 1.42. The molecule has 0 spiro atoms. The Labute approximate surface area is 121 Å². The van der Waals surface area contributed by atoms with Crippen LogP contribution in [0.25, 0.3) is 0 Å². The van der Waals surface area contributed by atoms with Crippen LogP contribution in [-0.2, 0) is 0 Å². The lowest BCUT2D eigenvalue weighted by Crippen LogP contribution is -2.31. The van der Waals surface area contributed by atoms with Crippen LogP contribution in [0, 0.1) is 5.92 Å². The molecule has 1 aliphatic rings. The molecule has 2 heterocycles. The summed E-state index contributed by atoms with van der Waals surface area (Å²) in [6.07, 6.45) is 2.03. The summed E-state index contributed by atoms with van der Waals surface area (Å²) in [5.41, 5.74) is 6.11. The maximum absolute atomic E-state index is 6.11. The van der Waals surface area contributed by atoms with E-state index >= 15 is 0 Å². The third-order valence-corrected chi connectivity index (χ3v) is 3.87. The summed E-state index contributed by atoms with van der Waals surface area (Å²) in [6.45, 7) is 7.38. The molecule has 0 amide bonds. The van der Waals surface area contributed by atoms with E-state index in [2.05, 4.69) is 47.9 Å². The van der Waals surface area contributed by atoms with Gasteiger partial charge in [0, 0.05) is 6.54 Å². The topological polar surface area (TPSA) is 71.4 Å². The van der Waals surface area contributed by atoms with Crippen molar-refractivity contribution >= 4 is 0 Å². The quantitative estimate of drug-likeness (QED) is 0.900. The second-order valence-corrected chi connectivity index (χ2v) is 6.34. The van der Waals surface area contributed by atoms with Gasteiger partial charge in [-0.1, -0.05) is 19.0 Å². The van der Waals surface area contributed by atoms with Gasteiger partial charge >= 0.3 is 0 Å². The zero-order chi connectivity index (χ0) is 14.7.